The van der Waals surface area contributed by atoms with Crippen molar-refractivity contribution in [3.63, 3.8) is 0 Å². The van der Waals surface area contributed by atoms with E-state index in [0.29, 0.717) is 0 Å². The maximum Gasteiger partial charge on any atom is 0.494 e. The van der Waals surface area contributed by atoms with Gasteiger partial charge in [-0.1, -0.05) is 12.1 Å². The molecule has 0 aromatic heterocycles. The number of rotatable bonds is 1. The van der Waals surface area contributed by atoms with E-state index in [1.807, 2.05) is 46.8 Å². The average molecular weight is 234 g/mol. The highest BCUT2D eigenvalue weighted by molar-refractivity contribution is 6.62. The first-order valence-corrected chi connectivity index (χ1v) is 5.88. The summed E-state index contributed by atoms with van der Waals surface area (Å²) in [5.41, 5.74) is 1.01. The summed E-state index contributed by atoms with van der Waals surface area (Å²) >= 11 is 0. The van der Waals surface area contributed by atoms with Crippen molar-refractivity contribution in [2.45, 2.75) is 45.8 Å². The zero-order valence-electron chi connectivity index (χ0n) is 11.1. The van der Waals surface area contributed by atoms with Crippen LogP contribution >= 0.6 is 0 Å². The molecule has 0 atom stereocenters. The number of benzene rings is 1. The van der Waals surface area contributed by atoms with Crippen molar-refractivity contribution in [3.05, 3.63) is 23.8 Å². The molecule has 1 aliphatic heterocycles. The van der Waals surface area contributed by atoms with E-state index >= 15 is 0 Å². The van der Waals surface area contributed by atoms with Gasteiger partial charge in [0.15, 0.2) is 0 Å². The highest BCUT2D eigenvalue weighted by Gasteiger charge is 2.51. The van der Waals surface area contributed by atoms with Crippen LogP contribution in [0.5, 0.6) is 5.75 Å². The Kier molecular flexibility index (Phi) is 2.75. The van der Waals surface area contributed by atoms with Crippen LogP contribution in [0.1, 0.15) is 33.3 Å². The lowest BCUT2D eigenvalue weighted by atomic mass is 9.78. The van der Waals surface area contributed by atoms with E-state index in [1.165, 1.54) is 0 Å². The number of phenols is 1. The fourth-order valence-corrected chi connectivity index (χ4v) is 1.75. The van der Waals surface area contributed by atoms with E-state index in [-0.39, 0.29) is 17.0 Å². The second-order valence-electron chi connectivity index (χ2n) is 5.63. The number of aryl methyl sites for hydroxylation is 1. The molecule has 0 spiro atoms. The van der Waals surface area contributed by atoms with Gasteiger partial charge in [0.2, 0.25) is 0 Å². The number of aromatic hydroxyl groups is 1. The molecule has 0 aliphatic carbocycles. The van der Waals surface area contributed by atoms with Crippen molar-refractivity contribution in [1.82, 2.24) is 0 Å². The van der Waals surface area contributed by atoms with E-state index in [1.54, 1.807) is 6.07 Å². The third kappa shape index (κ3) is 2.07. The number of hydrogen-bond donors (Lipinski definition) is 1. The third-order valence-corrected chi connectivity index (χ3v) is 3.76. The van der Waals surface area contributed by atoms with Crippen LogP contribution in [0.2, 0.25) is 0 Å². The van der Waals surface area contributed by atoms with E-state index in [2.05, 4.69) is 0 Å². The summed E-state index contributed by atoms with van der Waals surface area (Å²) in [4.78, 5) is 0. The Morgan fingerprint density at radius 2 is 1.59 bits per heavy atom. The Bertz CT molecular complexity index is 424. The smallest absolute Gasteiger partial charge is 0.494 e. The monoisotopic (exact) mass is 234 g/mol. The van der Waals surface area contributed by atoms with Crippen LogP contribution in [0.3, 0.4) is 0 Å². The lowest BCUT2D eigenvalue weighted by Gasteiger charge is -2.32. The van der Waals surface area contributed by atoms with Gasteiger partial charge in [0.05, 0.1) is 11.2 Å². The van der Waals surface area contributed by atoms with Crippen molar-refractivity contribution in [2.24, 2.45) is 0 Å². The van der Waals surface area contributed by atoms with E-state index in [0.717, 1.165) is 11.0 Å². The molecule has 3 nitrogen and oxygen atoms in total. The molecule has 0 unspecified atom stereocenters. The van der Waals surface area contributed by atoms with Gasteiger partial charge in [-0.15, -0.1) is 0 Å². The predicted octanol–water partition coefficient (Wildman–Crippen LogP) is 2.00. The molecule has 1 fully saturated rings. The first kappa shape index (κ1) is 12.5. The van der Waals surface area contributed by atoms with Gasteiger partial charge < -0.3 is 14.4 Å². The van der Waals surface area contributed by atoms with Gasteiger partial charge in [-0.2, -0.15) is 0 Å². The molecular weight excluding hydrogens is 215 g/mol. The van der Waals surface area contributed by atoms with Crippen molar-refractivity contribution >= 4 is 12.6 Å². The summed E-state index contributed by atoms with van der Waals surface area (Å²) in [6, 6.07) is 5.50. The van der Waals surface area contributed by atoms with Crippen molar-refractivity contribution in [3.8, 4) is 5.75 Å². The minimum atomic E-state index is -0.411. The summed E-state index contributed by atoms with van der Waals surface area (Å²) < 4.78 is 11.8. The van der Waals surface area contributed by atoms with Crippen molar-refractivity contribution < 1.29 is 14.4 Å². The van der Waals surface area contributed by atoms with E-state index in [9.17, 15) is 5.11 Å². The van der Waals surface area contributed by atoms with Crippen LogP contribution < -0.4 is 5.46 Å². The van der Waals surface area contributed by atoms with Crippen LogP contribution in [0.4, 0.5) is 0 Å². The molecule has 1 N–H and O–H groups in total. The summed E-state index contributed by atoms with van der Waals surface area (Å²) in [7, 11) is -0.411. The Morgan fingerprint density at radius 3 is 2.06 bits per heavy atom. The van der Waals surface area contributed by atoms with Crippen LogP contribution in [-0.2, 0) is 9.31 Å². The predicted molar refractivity (Wildman–Crippen MR) is 68.6 cm³/mol. The maximum absolute atomic E-state index is 9.71. The molecule has 2 rings (SSSR count). The lowest BCUT2D eigenvalue weighted by Crippen LogP contribution is -2.41. The molecule has 0 bridgehead atoms. The van der Waals surface area contributed by atoms with Gasteiger partial charge in [0.25, 0.3) is 0 Å². The molecular formula is C13H19BO3. The molecule has 1 aliphatic rings. The molecule has 17 heavy (non-hydrogen) atoms. The third-order valence-electron chi connectivity index (χ3n) is 3.76. The summed E-state index contributed by atoms with van der Waals surface area (Å²) in [6.45, 7) is 9.92. The van der Waals surface area contributed by atoms with Gasteiger partial charge in [-0.25, -0.2) is 0 Å². The normalized spacial score (nSPS) is 21.8. The van der Waals surface area contributed by atoms with Crippen molar-refractivity contribution in [2.75, 3.05) is 0 Å². The molecule has 4 heteroatoms. The van der Waals surface area contributed by atoms with Gasteiger partial charge in [-0.3, -0.25) is 0 Å². The minimum absolute atomic E-state index is 0.275. The average Bonchev–Trinajstić information content (AvgIpc) is 2.41. The van der Waals surface area contributed by atoms with Crippen molar-refractivity contribution in [1.29, 1.82) is 0 Å². The maximum atomic E-state index is 9.71. The van der Waals surface area contributed by atoms with Gasteiger partial charge >= 0.3 is 7.12 Å². The largest absolute Gasteiger partial charge is 0.508 e. The van der Waals surface area contributed by atoms with Gasteiger partial charge in [0.1, 0.15) is 5.75 Å². The lowest BCUT2D eigenvalue weighted by molar-refractivity contribution is 0.00578. The summed E-state index contributed by atoms with van der Waals surface area (Å²) in [6.07, 6.45) is 0. The number of hydrogen-bond acceptors (Lipinski definition) is 3. The highest BCUT2D eigenvalue weighted by atomic mass is 16.7. The first-order chi connectivity index (χ1) is 7.73. The Balaban J connectivity index is 2.29. The second kappa shape index (κ2) is 3.75. The van der Waals surface area contributed by atoms with Crippen LogP contribution in [0.25, 0.3) is 0 Å². The number of phenolic OH excluding ortho intramolecular Hbond substituents is 1. The minimum Gasteiger partial charge on any atom is -0.508 e. The zero-order chi connectivity index (χ0) is 12.8. The fraction of sp³-hybridized carbons (Fsp3) is 0.538. The topological polar surface area (TPSA) is 38.7 Å². The van der Waals surface area contributed by atoms with Crippen LogP contribution in [0.15, 0.2) is 18.2 Å². The molecule has 0 amide bonds. The molecule has 1 saturated heterocycles. The Hall–Kier alpha value is -0.995. The molecule has 1 aromatic carbocycles. The molecule has 1 aromatic rings. The van der Waals surface area contributed by atoms with Crippen LogP contribution in [-0.4, -0.2) is 23.4 Å². The summed E-state index contributed by atoms with van der Waals surface area (Å²) in [5.74, 6) is 0.275. The first-order valence-electron chi connectivity index (χ1n) is 5.88. The zero-order valence-corrected chi connectivity index (χ0v) is 11.1. The Labute approximate surface area is 103 Å². The fourth-order valence-electron chi connectivity index (χ4n) is 1.75. The Morgan fingerprint density at radius 1 is 1.06 bits per heavy atom. The van der Waals surface area contributed by atoms with Gasteiger partial charge in [-0.05, 0) is 51.7 Å². The van der Waals surface area contributed by atoms with Gasteiger partial charge in [0, 0.05) is 0 Å². The SMILES string of the molecule is Cc1ccc(B2OC(C)(C)C(C)(C)O2)cc1O. The highest BCUT2D eigenvalue weighted by Crippen LogP contribution is 2.36. The van der Waals surface area contributed by atoms with E-state index in [4.69, 9.17) is 9.31 Å². The van der Waals surface area contributed by atoms with E-state index < -0.39 is 7.12 Å². The quantitative estimate of drug-likeness (QED) is 0.755. The molecule has 0 saturated carbocycles. The second-order valence-corrected chi connectivity index (χ2v) is 5.63. The molecule has 92 valence electrons. The molecule has 0 radical (unpaired) electrons. The van der Waals surface area contributed by atoms with Crippen LogP contribution in [0, 0.1) is 6.92 Å². The standard InChI is InChI=1S/C13H19BO3/c1-9-6-7-10(8-11(9)15)14-16-12(2,3)13(4,5)17-14/h6-8,15H,1-5H3. The molecule has 1 heterocycles. The summed E-state index contributed by atoms with van der Waals surface area (Å²) in [5, 5.41) is 9.71.